The number of fused-ring (bicyclic) bond motifs is 1. The van der Waals surface area contributed by atoms with Crippen LogP contribution in [0.25, 0.3) is 11.0 Å². The van der Waals surface area contributed by atoms with Gasteiger partial charge in [0, 0.05) is 25.1 Å². The Morgan fingerprint density at radius 2 is 2.10 bits per heavy atom. The fourth-order valence-electron chi connectivity index (χ4n) is 4.87. The minimum absolute atomic E-state index is 0.0278. The lowest BCUT2D eigenvalue weighted by Gasteiger charge is -2.36. The predicted molar refractivity (Wildman–Crippen MR) is 108 cm³/mol. The van der Waals surface area contributed by atoms with Crippen LogP contribution in [0.1, 0.15) is 45.1 Å². The fraction of sp³-hybridized carbons (Fsp3) is 0.636. The van der Waals surface area contributed by atoms with E-state index in [0.717, 1.165) is 31.4 Å². The van der Waals surface area contributed by atoms with Gasteiger partial charge in [0.15, 0.2) is 0 Å². The van der Waals surface area contributed by atoms with Gasteiger partial charge in [-0.25, -0.2) is 9.78 Å². The highest BCUT2D eigenvalue weighted by molar-refractivity contribution is 5.76. The van der Waals surface area contributed by atoms with E-state index in [1.54, 1.807) is 15.8 Å². The highest BCUT2D eigenvalue weighted by Crippen LogP contribution is 2.41. The number of alkyl halides is 3. The van der Waals surface area contributed by atoms with Gasteiger partial charge < -0.3 is 19.3 Å². The van der Waals surface area contributed by atoms with E-state index in [1.165, 1.54) is 6.07 Å². The molecular formula is C22H28F3N3O3. The van der Waals surface area contributed by atoms with E-state index in [0.29, 0.717) is 37.1 Å². The lowest BCUT2D eigenvalue weighted by Crippen LogP contribution is -2.42. The number of halogens is 3. The molecule has 2 heterocycles. The molecule has 1 aliphatic heterocycles. The maximum atomic E-state index is 13.1. The number of benzene rings is 1. The molecule has 170 valence electrons. The van der Waals surface area contributed by atoms with E-state index in [4.69, 9.17) is 4.74 Å². The number of aliphatic hydroxyl groups excluding tert-OH is 1. The Balaban J connectivity index is 1.49. The van der Waals surface area contributed by atoms with Gasteiger partial charge in [-0.3, -0.25) is 0 Å². The van der Waals surface area contributed by atoms with Gasteiger partial charge in [-0.15, -0.1) is 0 Å². The van der Waals surface area contributed by atoms with Crippen LogP contribution in [0.5, 0.6) is 0 Å². The van der Waals surface area contributed by atoms with Crippen molar-refractivity contribution >= 4 is 17.1 Å². The van der Waals surface area contributed by atoms with E-state index in [2.05, 4.69) is 4.98 Å². The molecule has 0 bridgehead atoms. The smallest absolute Gasteiger partial charge is 0.416 e. The van der Waals surface area contributed by atoms with Crippen LogP contribution in [0, 0.1) is 11.3 Å². The number of hydrogen-bond acceptors (Lipinski definition) is 4. The summed E-state index contributed by atoms with van der Waals surface area (Å²) in [5.41, 5.74) is -0.676. The molecule has 2 atom stereocenters. The Kier molecular flexibility index (Phi) is 5.44. The van der Waals surface area contributed by atoms with Crippen molar-refractivity contribution in [2.75, 3.05) is 19.7 Å². The Morgan fingerprint density at radius 3 is 2.81 bits per heavy atom. The second-order valence-electron chi connectivity index (χ2n) is 9.79. The second kappa shape index (κ2) is 7.69. The van der Waals surface area contributed by atoms with Crippen LogP contribution in [-0.4, -0.2) is 50.9 Å². The van der Waals surface area contributed by atoms with Gasteiger partial charge in [0.25, 0.3) is 0 Å². The molecule has 0 unspecified atom stereocenters. The highest BCUT2D eigenvalue weighted by Gasteiger charge is 2.48. The normalized spacial score (nSPS) is 24.9. The standard InChI is InChI=1S/C22H28F3N3O3/c1-20(2,13-29)11-28-12-21(31-19(28)30)7-3-4-15(9-21)10-27-14-26-17-6-5-16(8-18(17)27)22(23,24)25/h5-6,8,14-15,29H,3-4,7,9-13H2,1-2H3/t15-,21-/m0/s1. The van der Waals surface area contributed by atoms with E-state index >= 15 is 0 Å². The molecule has 1 aliphatic carbocycles. The fourth-order valence-corrected chi connectivity index (χ4v) is 4.87. The summed E-state index contributed by atoms with van der Waals surface area (Å²) in [5.74, 6) is 0.166. The van der Waals surface area contributed by atoms with Crippen molar-refractivity contribution in [1.82, 2.24) is 14.5 Å². The molecule has 1 N–H and O–H groups in total. The summed E-state index contributed by atoms with van der Waals surface area (Å²) < 4.78 is 47.0. The Morgan fingerprint density at radius 1 is 1.32 bits per heavy atom. The zero-order valence-corrected chi connectivity index (χ0v) is 17.8. The molecule has 6 nitrogen and oxygen atoms in total. The average Bonchev–Trinajstić information content (AvgIpc) is 3.21. The third-order valence-electron chi connectivity index (χ3n) is 6.40. The lowest BCUT2D eigenvalue weighted by atomic mass is 9.77. The number of carbonyl (C=O) groups is 1. The SMILES string of the molecule is CC(C)(CO)CN1C[C@@]2(CCC[C@H](Cn3cnc4ccc(C(F)(F)F)cc43)C2)OC1=O. The van der Waals surface area contributed by atoms with E-state index in [9.17, 15) is 23.1 Å². The molecule has 1 saturated heterocycles. The number of carbonyl (C=O) groups excluding carboxylic acids is 1. The summed E-state index contributed by atoms with van der Waals surface area (Å²) in [5, 5.41) is 9.53. The molecule has 2 aromatic rings. The topological polar surface area (TPSA) is 67.6 Å². The summed E-state index contributed by atoms with van der Waals surface area (Å²) in [6.45, 7) is 5.19. The van der Waals surface area contributed by atoms with Crippen LogP contribution in [-0.2, 0) is 17.5 Å². The maximum Gasteiger partial charge on any atom is 0.416 e. The minimum atomic E-state index is -4.40. The molecule has 0 radical (unpaired) electrons. The van der Waals surface area contributed by atoms with Crippen molar-refractivity contribution in [1.29, 1.82) is 0 Å². The molecule has 2 aliphatic rings. The summed E-state index contributed by atoms with van der Waals surface area (Å²) in [7, 11) is 0. The monoisotopic (exact) mass is 439 g/mol. The average molecular weight is 439 g/mol. The number of imidazole rings is 1. The third kappa shape index (κ3) is 4.51. The van der Waals surface area contributed by atoms with Crippen molar-refractivity contribution < 1.29 is 27.8 Å². The number of aliphatic hydroxyl groups is 1. The number of ether oxygens (including phenoxy) is 1. The van der Waals surface area contributed by atoms with Crippen LogP contribution in [0.4, 0.5) is 18.0 Å². The van der Waals surface area contributed by atoms with Gasteiger partial charge in [0.05, 0.1) is 29.5 Å². The first-order chi connectivity index (χ1) is 14.5. The largest absolute Gasteiger partial charge is 0.441 e. The molecule has 4 rings (SSSR count). The molecule has 1 spiro atoms. The Labute approximate surface area is 179 Å². The maximum absolute atomic E-state index is 13.1. The predicted octanol–water partition coefficient (Wildman–Crippen LogP) is 4.45. The third-order valence-corrected chi connectivity index (χ3v) is 6.40. The highest BCUT2D eigenvalue weighted by atomic mass is 19.4. The van der Waals surface area contributed by atoms with Crippen LogP contribution < -0.4 is 0 Å². The van der Waals surface area contributed by atoms with Crippen LogP contribution in [0.15, 0.2) is 24.5 Å². The molecule has 1 amide bonds. The van der Waals surface area contributed by atoms with E-state index in [-0.39, 0.29) is 18.6 Å². The number of rotatable bonds is 5. The van der Waals surface area contributed by atoms with Crippen molar-refractivity contribution in [2.45, 2.75) is 57.9 Å². The van der Waals surface area contributed by atoms with Crippen molar-refractivity contribution in [3.63, 3.8) is 0 Å². The lowest BCUT2D eigenvalue weighted by molar-refractivity contribution is -0.137. The molecule has 31 heavy (non-hydrogen) atoms. The van der Waals surface area contributed by atoms with Gasteiger partial charge in [-0.1, -0.05) is 13.8 Å². The first kappa shape index (κ1) is 21.9. The van der Waals surface area contributed by atoms with Gasteiger partial charge in [-0.05, 0) is 49.8 Å². The van der Waals surface area contributed by atoms with Crippen LogP contribution in [0.3, 0.4) is 0 Å². The molecule has 1 aromatic carbocycles. The molecule has 1 aromatic heterocycles. The molecule has 9 heteroatoms. The van der Waals surface area contributed by atoms with Crippen LogP contribution >= 0.6 is 0 Å². The van der Waals surface area contributed by atoms with E-state index < -0.39 is 22.8 Å². The number of amides is 1. The van der Waals surface area contributed by atoms with Gasteiger partial charge in [-0.2, -0.15) is 13.2 Å². The number of hydrogen-bond donors (Lipinski definition) is 1. The first-order valence-corrected chi connectivity index (χ1v) is 10.6. The summed E-state index contributed by atoms with van der Waals surface area (Å²) in [4.78, 5) is 18.4. The summed E-state index contributed by atoms with van der Waals surface area (Å²) >= 11 is 0. The second-order valence-corrected chi connectivity index (χ2v) is 9.79. The zero-order valence-electron chi connectivity index (χ0n) is 17.8. The van der Waals surface area contributed by atoms with Crippen molar-refractivity contribution in [3.8, 4) is 0 Å². The molecule has 2 fully saturated rings. The Hall–Kier alpha value is -2.29. The quantitative estimate of drug-likeness (QED) is 0.747. The molecule has 1 saturated carbocycles. The van der Waals surface area contributed by atoms with Gasteiger partial charge in [0.2, 0.25) is 0 Å². The van der Waals surface area contributed by atoms with Gasteiger partial charge >= 0.3 is 12.3 Å². The van der Waals surface area contributed by atoms with E-state index in [1.807, 2.05) is 13.8 Å². The van der Waals surface area contributed by atoms with Crippen molar-refractivity contribution in [2.24, 2.45) is 11.3 Å². The van der Waals surface area contributed by atoms with Crippen molar-refractivity contribution in [3.05, 3.63) is 30.1 Å². The molecular weight excluding hydrogens is 411 g/mol. The van der Waals surface area contributed by atoms with Crippen LogP contribution in [0.2, 0.25) is 0 Å². The minimum Gasteiger partial charge on any atom is -0.441 e. The summed E-state index contributed by atoms with van der Waals surface area (Å²) in [6, 6.07) is 3.60. The van der Waals surface area contributed by atoms with Gasteiger partial charge in [0.1, 0.15) is 5.60 Å². The first-order valence-electron chi connectivity index (χ1n) is 10.6. The zero-order chi connectivity index (χ0) is 22.4. The summed E-state index contributed by atoms with van der Waals surface area (Å²) in [6.07, 6.45) is 0.0624. The Bertz CT molecular complexity index is 972. The number of nitrogens with zero attached hydrogens (tertiary/aromatic N) is 3. The number of aromatic nitrogens is 2.